The molecule has 7 heteroatoms. The van der Waals surface area contributed by atoms with Gasteiger partial charge in [0.25, 0.3) is 0 Å². The van der Waals surface area contributed by atoms with E-state index >= 15 is 0 Å². The Balaban J connectivity index is 1.65. The molecule has 0 heterocycles. The number of aliphatic hydroxyl groups is 6. The van der Waals surface area contributed by atoms with Gasteiger partial charge in [-0.1, -0.05) is 34.1 Å². The predicted molar refractivity (Wildman–Crippen MR) is 136 cm³/mol. The van der Waals surface area contributed by atoms with Crippen LogP contribution in [0.2, 0.25) is 0 Å². The summed E-state index contributed by atoms with van der Waals surface area (Å²) in [5.41, 5.74) is -3.26. The predicted octanol–water partition coefficient (Wildman–Crippen LogP) is 2.35. The molecule has 4 aliphatic rings. The molecule has 3 fully saturated rings. The smallest absolute Gasteiger partial charge is 0.159 e. The fraction of sp³-hybridized carbons (Fsp3) is 0.897. The normalized spacial score (nSPS) is 46.6. The van der Waals surface area contributed by atoms with Gasteiger partial charge in [0.05, 0.1) is 29.5 Å². The lowest BCUT2D eigenvalue weighted by molar-refractivity contribution is -0.178. The average molecular weight is 509 g/mol. The maximum Gasteiger partial charge on any atom is 0.159 e. The minimum absolute atomic E-state index is 0.0171. The summed E-state index contributed by atoms with van der Waals surface area (Å²) in [5.74, 6) is -0.824. The van der Waals surface area contributed by atoms with Crippen molar-refractivity contribution < 1.29 is 35.4 Å². The Bertz CT molecular complexity index is 885. The molecule has 4 aliphatic carbocycles. The number of hydrogen-bond donors (Lipinski definition) is 6. The Labute approximate surface area is 215 Å². The van der Waals surface area contributed by atoms with Gasteiger partial charge in [-0.05, 0) is 92.6 Å². The van der Waals surface area contributed by atoms with Gasteiger partial charge in [0, 0.05) is 17.9 Å². The van der Waals surface area contributed by atoms with E-state index in [-0.39, 0.29) is 48.4 Å². The van der Waals surface area contributed by atoms with Crippen molar-refractivity contribution in [2.24, 2.45) is 40.4 Å². The van der Waals surface area contributed by atoms with Crippen LogP contribution in [0.1, 0.15) is 86.0 Å². The van der Waals surface area contributed by atoms with E-state index in [4.69, 9.17) is 0 Å². The zero-order valence-electron chi connectivity index (χ0n) is 22.7. The first-order valence-electron chi connectivity index (χ1n) is 14.0. The molecule has 0 saturated heterocycles. The van der Waals surface area contributed by atoms with Crippen LogP contribution in [0.5, 0.6) is 0 Å². The fourth-order valence-electron chi connectivity index (χ4n) is 9.02. The average Bonchev–Trinajstić information content (AvgIpc) is 3.10. The number of fused-ring (bicyclic) bond motifs is 5. The Morgan fingerprint density at radius 2 is 1.81 bits per heavy atom. The lowest BCUT2D eigenvalue weighted by atomic mass is 9.45. The molecule has 3 saturated carbocycles. The first-order valence-corrected chi connectivity index (χ1v) is 14.0. The van der Waals surface area contributed by atoms with Crippen molar-refractivity contribution in [3.8, 4) is 0 Å². The van der Waals surface area contributed by atoms with Gasteiger partial charge in [0.2, 0.25) is 0 Å². The quantitative estimate of drug-likeness (QED) is 0.310. The molecule has 12 atom stereocenters. The summed E-state index contributed by atoms with van der Waals surface area (Å²) in [6, 6.07) is 0. The summed E-state index contributed by atoms with van der Waals surface area (Å²) in [6.45, 7) is 9.70. The second-order valence-corrected chi connectivity index (χ2v) is 13.4. The highest BCUT2D eigenvalue weighted by Gasteiger charge is 2.69. The molecular formula is C29H48O7. The van der Waals surface area contributed by atoms with Crippen LogP contribution < -0.4 is 0 Å². The molecular weight excluding hydrogens is 460 g/mol. The number of rotatable bonds is 7. The van der Waals surface area contributed by atoms with E-state index in [0.717, 1.165) is 18.4 Å². The van der Waals surface area contributed by atoms with Gasteiger partial charge in [0.15, 0.2) is 5.78 Å². The van der Waals surface area contributed by atoms with Crippen molar-refractivity contribution in [2.45, 2.75) is 115 Å². The van der Waals surface area contributed by atoms with Crippen LogP contribution >= 0.6 is 0 Å². The van der Waals surface area contributed by atoms with Crippen LogP contribution in [0.4, 0.5) is 0 Å². The number of allylic oxidation sites excluding steroid dienone is 1. The van der Waals surface area contributed by atoms with E-state index < -0.39 is 40.3 Å². The van der Waals surface area contributed by atoms with Gasteiger partial charge in [-0.15, -0.1) is 0 Å². The molecule has 0 bridgehead atoms. The fourth-order valence-corrected chi connectivity index (χ4v) is 9.02. The maximum atomic E-state index is 13.3. The van der Waals surface area contributed by atoms with Crippen LogP contribution in [-0.4, -0.2) is 72.5 Å². The SMILES string of the molecule is CC[C@H](C[C@@H](O)[C@](C)(O)[C@H]1CC[C@@]2(O)C3=CC(=O)[C@@H]4C[C@@H](O)[C@@H](O)C[C@]4(C)[C@H]3CC[C@]12C)[C@H](C)CO. The lowest BCUT2D eigenvalue weighted by Crippen LogP contribution is -2.63. The van der Waals surface area contributed by atoms with E-state index in [1.807, 2.05) is 27.7 Å². The van der Waals surface area contributed by atoms with Gasteiger partial charge >= 0.3 is 0 Å². The van der Waals surface area contributed by atoms with Crippen LogP contribution in [0.3, 0.4) is 0 Å². The van der Waals surface area contributed by atoms with E-state index in [1.165, 1.54) is 0 Å². The zero-order chi connectivity index (χ0) is 26.8. The minimum atomic E-state index is -1.44. The molecule has 0 aromatic heterocycles. The highest BCUT2D eigenvalue weighted by Crippen LogP contribution is 2.68. The lowest BCUT2D eigenvalue weighted by Gasteiger charge is -2.60. The van der Waals surface area contributed by atoms with Gasteiger partial charge < -0.3 is 30.6 Å². The van der Waals surface area contributed by atoms with Gasteiger partial charge in [-0.2, -0.15) is 0 Å². The molecule has 206 valence electrons. The van der Waals surface area contributed by atoms with Crippen molar-refractivity contribution in [1.29, 1.82) is 0 Å². The largest absolute Gasteiger partial charge is 0.396 e. The van der Waals surface area contributed by atoms with Crippen LogP contribution in [-0.2, 0) is 4.79 Å². The number of carbonyl (C=O) groups excluding carboxylic acids is 1. The summed E-state index contributed by atoms with van der Waals surface area (Å²) in [6.07, 6.45) is 2.83. The van der Waals surface area contributed by atoms with Gasteiger partial charge in [-0.25, -0.2) is 0 Å². The third-order valence-electron chi connectivity index (χ3n) is 11.6. The molecule has 7 nitrogen and oxygen atoms in total. The highest BCUT2D eigenvalue weighted by molar-refractivity contribution is 5.95. The third-order valence-corrected chi connectivity index (χ3v) is 11.6. The van der Waals surface area contributed by atoms with Crippen molar-refractivity contribution in [3.05, 3.63) is 11.6 Å². The molecule has 0 amide bonds. The highest BCUT2D eigenvalue weighted by atomic mass is 16.3. The molecule has 0 aromatic carbocycles. The Morgan fingerprint density at radius 3 is 2.42 bits per heavy atom. The second-order valence-electron chi connectivity index (χ2n) is 13.4. The van der Waals surface area contributed by atoms with Crippen molar-refractivity contribution >= 4 is 5.78 Å². The second kappa shape index (κ2) is 9.42. The Hall–Kier alpha value is -0.830. The van der Waals surface area contributed by atoms with Crippen LogP contribution in [0.25, 0.3) is 0 Å². The first-order chi connectivity index (χ1) is 16.7. The van der Waals surface area contributed by atoms with E-state index in [2.05, 4.69) is 0 Å². The van der Waals surface area contributed by atoms with Crippen LogP contribution in [0, 0.1) is 40.4 Å². The number of ketones is 1. The zero-order valence-corrected chi connectivity index (χ0v) is 22.7. The van der Waals surface area contributed by atoms with Crippen molar-refractivity contribution in [3.63, 3.8) is 0 Å². The molecule has 6 N–H and O–H groups in total. The Kier molecular flexibility index (Phi) is 7.38. The van der Waals surface area contributed by atoms with Crippen molar-refractivity contribution in [1.82, 2.24) is 0 Å². The molecule has 4 rings (SSSR count). The monoisotopic (exact) mass is 508 g/mol. The summed E-state index contributed by atoms with van der Waals surface area (Å²) >= 11 is 0. The van der Waals surface area contributed by atoms with Gasteiger partial charge in [-0.3, -0.25) is 4.79 Å². The van der Waals surface area contributed by atoms with Gasteiger partial charge in [0.1, 0.15) is 0 Å². The third kappa shape index (κ3) is 3.95. The number of carbonyl (C=O) groups is 1. The summed E-state index contributed by atoms with van der Waals surface area (Å²) < 4.78 is 0. The number of aliphatic hydroxyl groups excluding tert-OH is 4. The summed E-state index contributed by atoms with van der Waals surface area (Å²) in [7, 11) is 0. The molecule has 0 aliphatic heterocycles. The molecule has 0 spiro atoms. The Morgan fingerprint density at radius 1 is 1.14 bits per heavy atom. The summed E-state index contributed by atoms with van der Waals surface area (Å²) in [5, 5.41) is 65.7. The van der Waals surface area contributed by atoms with Crippen LogP contribution in [0.15, 0.2) is 11.6 Å². The molecule has 0 aromatic rings. The van der Waals surface area contributed by atoms with Crippen molar-refractivity contribution in [2.75, 3.05) is 6.61 Å². The standard InChI is InChI=1S/C29H48O7/c1-6-17(16(2)15-30)11-25(34)28(5,35)24-8-10-29(36)19-12-21(31)20-13-22(32)23(33)14-26(20,3)18(19)7-9-27(24,29)4/h12,16-18,20,22-25,30,32-36H,6-11,13-15H2,1-5H3/t16-,17-,18+,20+,22-,23+,24+,25-,26-,27-,28-,29-/m1/s1. The van der Waals surface area contributed by atoms with E-state index in [1.54, 1.807) is 13.0 Å². The first kappa shape index (κ1) is 28.2. The number of hydrogen-bond acceptors (Lipinski definition) is 7. The molecule has 36 heavy (non-hydrogen) atoms. The van der Waals surface area contributed by atoms with E-state index in [0.29, 0.717) is 32.1 Å². The molecule has 0 radical (unpaired) electrons. The summed E-state index contributed by atoms with van der Waals surface area (Å²) in [4.78, 5) is 13.3. The van der Waals surface area contributed by atoms with E-state index in [9.17, 15) is 35.4 Å². The topological polar surface area (TPSA) is 138 Å². The molecule has 0 unspecified atom stereocenters. The minimum Gasteiger partial charge on any atom is -0.396 e. The maximum absolute atomic E-state index is 13.3.